The number of anilines is 1. The van der Waals surface area contributed by atoms with Crippen molar-refractivity contribution in [3.63, 3.8) is 0 Å². The SMILES string of the molecule is CCNC(=O)N1C[C@@H](C(=O)N2CCN(c3ccccc3C)CC2)[C@H](c2ccc(C)cc2)C1. The van der Waals surface area contributed by atoms with Crippen molar-refractivity contribution < 1.29 is 9.59 Å². The number of benzene rings is 2. The predicted molar refractivity (Wildman–Crippen MR) is 128 cm³/mol. The first-order valence-corrected chi connectivity index (χ1v) is 11.7. The van der Waals surface area contributed by atoms with Crippen LogP contribution in [0.15, 0.2) is 48.5 Å². The first-order chi connectivity index (χ1) is 15.5. The van der Waals surface area contributed by atoms with Gasteiger partial charge in [0.1, 0.15) is 0 Å². The molecule has 2 aliphatic rings. The molecule has 2 aromatic rings. The highest BCUT2D eigenvalue weighted by Gasteiger charge is 2.42. The molecule has 3 amide bonds. The number of hydrogen-bond acceptors (Lipinski definition) is 3. The first-order valence-electron chi connectivity index (χ1n) is 11.7. The Kier molecular flexibility index (Phi) is 6.68. The monoisotopic (exact) mass is 434 g/mol. The van der Waals surface area contributed by atoms with Crippen molar-refractivity contribution in [1.82, 2.24) is 15.1 Å². The van der Waals surface area contributed by atoms with Crippen LogP contribution in [0.4, 0.5) is 10.5 Å². The van der Waals surface area contributed by atoms with E-state index >= 15 is 0 Å². The fourth-order valence-corrected chi connectivity index (χ4v) is 4.95. The van der Waals surface area contributed by atoms with Crippen molar-refractivity contribution in [2.75, 3.05) is 50.7 Å². The van der Waals surface area contributed by atoms with Gasteiger partial charge in [-0.05, 0) is 38.0 Å². The summed E-state index contributed by atoms with van der Waals surface area (Å²) in [4.78, 5) is 32.3. The lowest BCUT2D eigenvalue weighted by Crippen LogP contribution is -2.51. The average molecular weight is 435 g/mol. The summed E-state index contributed by atoms with van der Waals surface area (Å²) >= 11 is 0. The summed E-state index contributed by atoms with van der Waals surface area (Å²) in [5.74, 6) is -0.00256. The van der Waals surface area contributed by atoms with Gasteiger partial charge in [0.25, 0.3) is 0 Å². The second kappa shape index (κ2) is 9.63. The van der Waals surface area contributed by atoms with Crippen LogP contribution >= 0.6 is 0 Å². The first kappa shape index (κ1) is 22.2. The lowest BCUT2D eigenvalue weighted by molar-refractivity contribution is -0.135. The maximum atomic E-state index is 13.6. The lowest BCUT2D eigenvalue weighted by atomic mass is 9.87. The van der Waals surface area contributed by atoms with Crippen LogP contribution in [0.3, 0.4) is 0 Å². The molecule has 6 nitrogen and oxygen atoms in total. The minimum atomic E-state index is -0.203. The summed E-state index contributed by atoms with van der Waals surface area (Å²) in [5, 5.41) is 2.89. The van der Waals surface area contributed by atoms with E-state index in [9.17, 15) is 9.59 Å². The zero-order valence-electron chi connectivity index (χ0n) is 19.4. The molecule has 0 spiro atoms. The van der Waals surface area contributed by atoms with Crippen LogP contribution in [0.25, 0.3) is 0 Å². The molecule has 2 aliphatic heterocycles. The van der Waals surface area contributed by atoms with Crippen LogP contribution in [0.5, 0.6) is 0 Å². The molecular formula is C26H34N4O2. The van der Waals surface area contributed by atoms with Crippen molar-refractivity contribution in [3.05, 3.63) is 65.2 Å². The molecule has 0 saturated carbocycles. The van der Waals surface area contributed by atoms with Gasteiger partial charge in [0, 0.05) is 57.4 Å². The average Bonchev–Trinajstić information content (AvgIpc) is 3.25. The summed E-state index contributed by atoms with van der Waals surface area (Å²) in [7, 11) is 0. The fourth-order valence-electron chi connectivity index (χ4n) is 4.95. The minimum Gasteiger partial charge on any atom is -0.368 e. The fraction of sp³-hybridized carbons (Fsp3) is 0.462. The number of amides is 3. The van der Waals surface area contributed by atoms with E-state index in [-0.39, 0.29) is 23.8 Å². The number of rotatable bonds is 4. The summed E-state index contributed by atoms with van der Waals surface area (Å²) in [5.41, 5.74) is 4.85. The van der Waals surface area contributed by atoms with E-state index in [2.05, 4.69) is 72.6 Å². The Balaban J connectivity index is 1.48. The molecule has 4 rings (SSSR count). The smallest absolute Gasteiger partial charge is 0.317 e. The van der Waals surface area contributed by atoms with Gasteiger partial charge in [-0.15, -0.1) is 0 Å². The molecule has 2 heterocycles. The highest BCUT2D eigenvalue weighted by Crippen LogP contribution is 2.34. The van der Waals surface area contributed by atoms with Gasteiger partial charge in [-0.2, -0.15) is 0 Å². The Morgan fingerprint density at radius 1 is 0.906 bits per heavy atom. The molecule has 0 aromatic heterocycles. The van der Waals surface area contributed by atoms with E-state index in [0.29, 0.717) is 32.7 Å². The van der Waals surface area contributed by atoms with Crippen LogP contribution in [0.1, 0.15) is 29.5 Å². The van der Waals surface area contributed by atoms with Gasteiger partial charge in [0.15, 0.2) is 0 Å². The lowest BCUT2D eigenvalue weighted by Gasteiger charge is -2.38. The van der Waals surface area contributed by atoms with Gasteiger partial charge >= 0.3 is 6.03 Å². The molecule has 0 bridgehead atoms. The number of piperazine rings is 1. The van der Waals surface area contributed by atoms with E-state index in [4.69, 9.17) is 0 Å². The van der Waals surface area contributed by atoms with Gasteiger partial charge in [-0.3, -0.25) is 4.79 Å². The maximum absolute atomic E-state index is 13.6. The largest absolute Gasteiger partial charge is 0.368 e. The number of aryl methyl sites for hydroxylation is 2. The Hall–Kier alpha value is -3.02. The molecular weight excluding hydrogens is 400 g/mol. The third-order valence-electron chi connectivity index (χ3n) is 6.81. The number of likely N-dealkylation sites (tertiary alicyclic amines) is 1. The maximum Gasteiger partial charge on any atom is 0.317 e. The van der Waals surface area contributed by atoms with E-state index in [1.807, 2.05) is 11.8 Å². The number of nitrogens with one attached hydrogen (secondary N) is 1. The number of nitrogens with zero attached hydrogens (tertiary/aromatic N) is 3. The van der Waals surface area contributed by atoms with E-state index < -0.39 is 0 Å². The number of carbonyl (C=O) groups excluding carboxylic acids is 2. The van der Waals surface area contributed by atoms with E-state index in [1.165, 1.54) is 16.8 Å². The predicted octanol–water partition coefficient (Wildman–Crippen LogP) is 3.40. The van der Waals surface area contributed by atoms with Crippen LogP contribution in [0.2, 0.25) is 0 Å². The summed E-state index contributed by atoms with van der Waals surface area (Å²) < 4.78 is 0. The molecule has 2 saturated heterocycles. The second-order valence-electron chi connectivity index (χ2n) is 8.96. The van der Waals surface area contributed by atoms with Crippen molar-refractivity contribution in [1.29, 1.82) is 0 Å². The van der Waals surface area contributed by atoms with Gasteiger partial charge in [-0.25, -0.2) is 4.79 Å². The zero-order valence-corrected chi connectivity index (χ0v) is 19.4. The number of hydrogen-bond donors (Lipinski definition) is 1. The molecule has 2 aromatic carbocycles. The molecule has 0 radical (unpaired) electrons. The van der Waals surface area contributed by atoms with E-state index in [0.717, 1.165) is 18.7 Å². The quantitative estimate of drug-likeness (QED) is 0.803. The van der Waals surface area contributed by atoms with E-state index in [1.54, 1.807) is 4.90 Å². The van der Waals surface area contributed by atoms with Crippen LogP contribution in [0, 0.1) is 19.8 Å². The van der Waals surface area contributed by atoms with Crippen LogP contribution in [-0.4, -0.2) is 67.6 Å². The van der Waals surface area contributed by atoms with Gasteiger partial charge in [0.2, 0.25) is 5.91 Å². The van der Waals surface area contributed by atoms with Gasteiger partial charge in [-0.1, -0.05) is 48.0 Å². The molecule has 1 N–H and O–H groups in total. The van der Waals surface area contributed by atoms with Crippen LogP contribution < -0.4 is 10.2 Å². The van der Waals surface area contributed by atoms with Crippen molar-refractivity contribution >= 4 is 17.6 Å². The molecule has 2 atom stereocenters. The van der Waals surface area contributed by atoms with Gasteiger partial charge in [0.05, 0.1) is 5.92 Å². The summed E-state index contributed by atoms with van der Waals surface area (Å²) in [6.07, 6.45) is 0. The minimum absolute atomic E-state index is 0.0279. The number of urea groups is 1. The normalized spacial score (nSPS) is 21.0. The molecule has 6 heteroatoms. The third-order valence-corrected chi connectivity index (χ3v) is 6.81. The Bertz CT molecular complexity index is 951. The third kappa shape index (κ3) is 4.59. The van der Waals surface area contributed by atoms with Crippen LogP contribution in [-0.2, 0) is 4.79 Å². The number of para-hydroxylation sites is 1. The zero-order chi connectivity index (χ0) is 22.7. The highest BCUT2D eigenvalue weighted by atomic mass is 16.2. The van der Waals surface area contributed by atoms with Gasteiger partial charge < -0.3 is 20.0 Å². The Labute approximate surface area is 191 Å². The Morgan fingerprint density at radius 2 is 1.59 bits per heavy atom. The molecule has 0 unspecified atom stereocenters. The molecule has 0 aliphatic carbocycles. The summed E-state index contributed by atoms with van der Waals surface area (Å²) in [6, 6.07) is 16.7. The highest BCUT2D eigenvalue weighted by molar-refractivity contribution is 5.83. The molecule has 170 valence electrons. The number of carbonyl (C=O) groups is 2. The van der Waals surface area contributed by atoms with Crippen molar-refractivity contribution in [2.45, 2.75) is 26.7 Å². The molecule has 32 heavy (non-hydrogen) atoms. The summed E-state index contributed by atoms with van der Waals surface area (Å²) in [6.45, 7) is 10.8. The van der Waals surface area contributed by atoms with Crippen molar-refractivity contribution in [2.24, 2.45) is 5.92 Å². The Morgan fingerprint density at radius 3 is 2.25 bits per heavy atom. The van der Waals surface area contributed by atoms with Crippen molar-refractivity contribution in [3.8, 4) is 0 Å². The molecule has 2 fully saturated rings. The second-order valence-corrected chi connectivity index (χ2v) is 8.96. The topological polar surface area (TPSA) is 55.9 Å². The standard InChI is InChI=1S/C26H34N4O2/c1-4-27-26(32)30-17-22(21-11-9-19(2)10-12-21)23(18-30)25(31)29-15-13-28(14-16-29)24-8-6-5-7-20(24)3/h5-12,22-23H,4,13-18H2,1-3H3,(H,27,32)/t22-,23+/m0/s1.